The van der Waals surface area contributed by atoms with E-state index in [1.807, 2.05) is 13.1 Å². The highest BCUT2D eigenvalue weighted by atomic mass is 32.2. The topological polar surface area (TPSA) is 154 Å². The number of hydrogen-bond acceptors (Lipinski definition) is 10. The molecule has 1 unspecified atom stereocenters. The van der Waals surface area contributed by atoms with E-state index in [9.17, 15) is 22.7 Å². The quantitative estimate of drug-likeness (QED) is 0.427. The third kappa shape index (κ3) is 4.35. The van der Waals surface area contributed by atoms with Gasteiger partial charge in [-0.2, -0.15) is 4.98 Å². The van der Waals surface area contributed by atoms with Gasteiger partial charge in [0.1, 0.15) is 0 Å². The zero-order chi connectivity index (χ0) is 26.8. The van der Waals surface area contributed by atoms with Crippen molar-refractivity contribution in [2.45, 2.75) is 30.2 Å². The monoisotopic (exact) mass is 545 g/mol. The molecule has 6 rings (SSSR count). The lowest BCUT2D eigenvalue weighted by atomic mass is 9.83. The number of carbonyl (C=O) groups is 1. The molecule has 13 heteroatoms. The number of halogens is 1. The van der Waals surface area contributed by atoms with Crippen LogP contribution < -0.4 is 21.3 Å². The number of benzene rings is 1. The number of primary amides is 1. The standard InChI is InChI=1S/C25H32FN7O4S/c1-32-4-6-33(7-5-32)18-3-2-14-10-15(18)19(34)12-38(36,37)20-9-13-8-16(20)22(21(13)23(27)35)30-24-17(26)11-28-25(29-14)31-24/h2-3,10-11,13,16,19-22,34H,4-9,12H2,1H3,(H2,27,35)(H2,28,29,30,31)/t13-,16+,19?,20+,21-,22+/m0/s1. The van der Waals surface area contributed by atoms with Crippen LogP contribution in [0.15, 0.2) is 24.4 Å². The number of aromatic nitrogens is 2. The first-order chi connectivity index (χ1) is 18.1. The molecule has 1 amide bonds. The molecule has 6 atom stereocenters. The summed E-state index contributed by atoms with van der Waals surface area (Å²) in [6.45, 7) is 3.18. The number of hydrogen-bond donors (Lipinski definition) is 4. The van der Waals surface area contributed by atoms with Crippen molar-refractivity contribution in [1.82, 2.24) is 14.9 Å². The molecule has 11 nitrogen and oxygen atoms in total. The van der Waals surface area contributed by atoms with Crippen LogP contribution in [-0.2, 0) is 14.6 Å². The second kappa shape index (κ2) is 9.31. The Labute approximate surface area is 220 Å². The van der Waals surface area contributed by atoms with E-state index in [-0.39, 0.29) is 24.1 Å². The largest absolute Gasteiger partial charge is 0.387 e. The molecule has 38 heavy (non-hydrogen) atoms. The Morgan fingerprint density at radius 1 is 1.21 bits per heavy atom. The predicted octanol–water partition coefficient (Wildman–Crippen LogP) is 0.863. The van der Waals surface area contributed by atoms with Gasteiger partial charge >= 0.3 is 0 Å². The van der Waals surface area contributed by atoms with Crippen molar-refractivity contribution < 1.29 is 22.7 Å². The fourth-order valence-electron chi connectivity index (χ4n) is 6.80. The number of piperazine rings is 1. The van der Waals surface area contributed by atoms with Gasteiger partial charge in [0.05, 0.1) is 29.2 Å². The van der Waals surface area contributed by atoms with Gasteiger partial charge in [-0.15, -0.1) is 0 Å². The molecule has 5 N–H and O–H groups in total. The normalized spacial score (nSPS) is 32.2. The average molecular weight is 546 g/mol. The Balaban J connectivity index is 1.44. The van der Waals surface area contributed by atoms with Gasteiger partial charge in [0, 0.05) is 49.2 Å². The van der Waals surface area contributed by atoms with Crippen LogP contribution in [-0.4, -0.2) is 84.6 Å². The van der Waals surface area contributed by atoms with Crippen LogP contribution in [0.3, 0.4) is 0 Å². The first-order valence-corrected chi connectivity index (χ1v) is 14.6. The van der Waals surface area contributed by atoms with Crippen molar-refractivity contribution in [3.63, 3.8) is 0 Å². The Kier molecular flexibility index (Phi) is 6.19. The molecular weight excluding hydrogens is 513 g/mol. The molecule has 1 aromatic carbocycles. The number of anilines is 4. The molecule has 204 valence electrons. The second-order valence-corrected chi connectivity index (χ2v) is 13.2. The Morgan fingerprint density at radius 2 is 1.97 bits per heavy atom. The lowest BCUT2D eigenvalue weighted by Crippen LogP contribution is -2.49. The highest BCUT2D eigenvalue weighted by Gasteiger charge is 2.58. The molecule has 2 saturated carbocycles. The maximum absolute atomic E-state index is 14.8. The van der Waals surface area contributed by atoms with Crippen molar-refractivity contribution in [3.8, 4) is 0 Å². The minimum Gasteiger partial charge on any atom is -0.387 e. The van der Waals surface area contributed by atoms with E-state index in [0.717, 1.165) is 38.1 Å². The van der Waals surface area contributed by atoms with Gasteiger partial charge in [0.15, 0.2) is 21.5 Å². The summed E-state index contributed by atoms with van der Waals surface area (Å²) in [5, 5.41) is 16.6. The molecular formula is C25H32FN7O4S. The minimum atomic E-state index is -3.79. The first kappa shape index (κ1) is 25.3. The zero-order valence-corrected chi connectivity index (χ0v) is 21.9. The van der Waals surface area contributed by atoms with Gasteiger partial charge in [0.2, 0.25) is 11.9 Å². The summed E-state index contributed by atoms with van der Waals surface area (Å²) in [6.07, 6.45) is 0.529. The molecule has 4 aliphatic rings. The van der Waals surface area contributed by atoms with Crippen LogP contribution in [0.2, 0.25) is 0 Å². The van der Waals surface area contributed by atoms with Gasteiger partial charge in [0.25, 0.3) is 0 Å². The van der Waals surface area contributed by atoms with Crippen LogP contribution in [0, 0.1) is 23.6 Å². The molecule has 1 saturated heterocycles. The summed E-state index contributed by atoms with van der Waals surface area (Å²) in [6, 6.07) is 4.68. The summed E-state index contributed by atoms with van der Waals surface area (Å²) in [7, 11) is -1.74. The van der Waals surface area contributed by atoms with E-state index < -0.39 is 56.5 Å². The van der Waals surface area contributed by atoms with Crippen molar-refractivity contribution >= 4 is 38.9 Å². The van der Waals surface area contributed by atoms with E-state index in [0.29, 0.717) is 17.7 Å². The molecule has 2 aliphatic carbocycles. The van der Waals surface area contributed by atoms with E-state index in [1.54, 1.807) is 12.1 Å². The van der Waals surface area contributed by atoms with E-state index in [4.69, 9.17) is 5.73 Å². The Bertz CT molecular complexity index is 1370. The number of nitrogens with zero attached hydrogens (tertiary/aromatic N) is 4. The third-order valence-corrected chi connectivity index (χ3v) is 10.9. The third-order valence-electron chi connectivity index (χ3n) is 8.66. The van der Waals surface area contributed by atoms with Gasteiger partial charge < -0.3 is 31.3 Å². The smallest absolute Gasteiger partial charge is 0.229 e. The Morgan fingerprint density at radius 3 is 2.71 bits per heavy atom. The molecule has 3 fully saturated rings. The number of aliphatic hydroxyl groups is 1. The Hall–Kier alpha value is -3.03. The predicted molar refractivity (Wildman–Crippen MR) is 140 cm³/mol. The van der Waals surface area contributed by atoms with E-state index in [1.165, 1.54) is 0 Å². The molecule has 0 spiro atoms. The van der Waals surface area contributed by atoms with Crippen molar-refractivity contribution in [2.24, 2.45) is 23.5 Å². The maximum Gasteiger partial charge on any atom is 0.229 e. The average Bonchev–Trinajstić information content (AvgIpc) is 3.45. The molecule has 2 aliphatic heterocycles. The number of fused-ring (bicyclic) bond motifs is 5. The summed E-state index contributed by atoms with van der Waals surface area (Å²) >= 11 is 0. The summed E-state index contributed by atoms with van der Waals surface area (Å²) in [5.74, 6) is -3.06. The summed E-state index contributed by atoms with van der Waals surface area (Å²) < 4.78 is 42.3. The molecule has 0 radical (unpaired) electrons. The molecule has 1 aromatic heterocycles. The highest BCUT2D eigenvalue weighted by Crippen LogP contribution is 2.52. The highest BCUT2D eigenvalue weighted by molar-refractivity contribution is 7.92. The van der Waals surface area contributed by atoms with Gasteiger partial charge in [-0.05, 0) is 49.9 Å². The molecule has 3 heterocycles. The van der Waals surface area contributed by atoms with Gasteiger partial charge in [-0.3, -0.25) is 4.79 Å². The van der Waals surface area contributed by atoms with Crippen LogP contribution in [0.25, 0.3) is 0 Å². The second-order valence-electron chi connectivity index (χ2n) is 11.0. The fourth-order valence-corrected chi connectivity index (χ4v) is 9.02. The van der Waals surface area contributed by atoms with Gasteiger partial charge in [-0.1, -0.05) is 0 Å². The van der Waals surface area contributed by atoms with Crippen LogP contribution >= 0.6 is 0 Å². The van der Waals surface area contributed by atoms with Crippen LogP contribution in [0.1, 0.15) is 24.5 Å². The number of sulfone groups is 1. The van der Waals surface area contributed by atoms with Crippen molar-refractivity contribution in [1.29, 1.82) is 0 Å². The number of aliphatic hydroxyl groups excluding tert-OH is 1. The van der Waals surface area contributed by atoms with Gasteiger partial charge in [-0.25, -0.2) is 17.8 Å². The number of amides is 1. The number of nitrogens with one attached hydrogen (secondary N) is 2. The molecule has 2 aromatic rings. The summed E-state index contributed by atoms with van der Waals surface area (Å²) in [5.41, 5.74) is 7.51. The lowest BCUT2D eigenvalue weighted by Gasteiger charge is -2.37. The summed E-state index contributed by atoms with van der Waals surface area (Å²) in [4.78, 5) is 25.1. The molecule has 6 bridgehead atoms. The maximum atomic E-state index is 14.8. The number of carbonyl (C=O) groups excluding carboxylic acids is 1. The number of nitrogens with two attached hydrogens (primary N) is 1. The minimum absolute atomic E-state index is 0.117. The fraction of sp³-hybridized carbons (Fsp3) is 0.560. The zero-order valence-electron chi connectivity index (χ0n) is 21.0. The van der Waals surface area contributed by atoms with Crippen LogP contribution in [0.4, 0.5) is 27.5 Å². The van der Waals surface area contributed by atoms with E-state index >= 15 is 0 Å². The van der Waals surface area contributed by atoms with Crippen molar-refractivity contribution in [2.75, 3.05) is 54.5 Å². The number of likely N-dealkylation sites (N-methyl/N-ethyl adjacent to an activating group) is 1. The van der Waals surface area contributed by atoms with E-state index in [2.05, 4.69) is 30.4 Å². The first-order valence-electron chi connectivity index (χ1n) is 12.9. The van der Waals surface area contributed by atoms with Crippen molar-refractivity contribution in [3.05, 3.63) is 35.8 Å². The number of rotatable bonds is 2. The SMILES string of the molecule is CN1CCN(c2ccc3cc2C(O)CS(=O)(=O)[C@@H]2C[C@@H]4C[C@H]2[C@@H](Nc2nc(ncc2F)N3)[C@H]4C(N)=O)CC1. The van der Waals surface area contributed by atoms with Crippen LogP contribution in [0.5, 0.6) is 0 Å². The lowest BCUT2D eigenvalue weighted by molar-refractivity contribution is -0.123.